The van der Waals surface area contributed by atoms with Crippen molar-refractivity contribution in [2.45, 2.75) is 102 Å². The van der Waals surface area contributed by atoms with E-state index in [1.54, 1.807) is 23.1 Å². The number of nitrogens with zero attached hydrogens (tertiary/aromatic N) is 1. The molecule has 2 aliphatic carbocycles. The van der Waals surface area contributed by atoms with Crippen LogP contribution in [0.25, 0.3) is 0 Å². The van der Waals surface area contributed by atoms with E-state index in [0.29, 0.717) is 35.9 Å². The number of benzene rings is 1. The van der Waals surface area contributed by atoms with Gasteiger partial charge in [0.15, 0.2) is 0 Å². The van der Waals surface area contributed by atoms with Crippen molar-refractivity contribution in [2.24, 2.45) is 11.8 Å². The van der Waals surface area contributed by atoms with Gasteiger partial charge < -0.3 is 25.0 Å². The molecular formula is C30H43N3O5. The van der Waals surface area contributed by atoms with Crippen LogP contribution in [0.5, 0.6) is 5.75 Å². The normalized spacial score (nSPS) is 26.8. The van der Waals surface area contributed by atoms with Crippen molar-refractivity contribution in [3.05, 3.63) is 23.8 Å². The summed E-state index contributed by atoms with van der Waals surface area (Å²) in [5.41, 5.74) is 1.08. The van der Waals surface area contributed by atoms with E-state index < -0.39 is 0 Å². The van der Waals surface area contributed by atoms with E-state index in [0.717, 1.165) is 45.1 Å². The Morgan fingerprint density at radius 3 is 2.47 bits per heavy atom. The molecule has 3 atom stereocenters. The molecule has 5 rings (SSSR count). The molecule has 3 fully saturated rings. The Labute approximate surface area is 226 Å². The number of ether oxygens (including phenoxy) is 2. The van der Waals surface area contributed by atoms with Crippen LogP contribution in [0.15, 0.2) is 18.2 Å². The number of hydrogen-bond acceptors (Lipinski definition) is 5. The van der Waals surface area contributed by atoms with E-state index in [4.69, 9.17) is 9.47 Å². The summed E-state index contributed by atoms with van der Waals surface area (Å²) in [5, 5.41) is 6.13. The van der Waals surface area contributed by atoms with Crippen molar-refractivity contribution in [3.63, 3.8) is 0 Å². The number of carbonyl (C=O) groups is 3. The Morgan fingerprint density at radius 1 is 0.974 bits per heavy atom. The Hall–Kier alpha value is -2.61. The predicted octanol–water partition coefficient (Wildman–Crippen LogP) is 4.67. The standard InChI is InChI=1S/C30H43N3O5/c1-33-25-14-13-23(17-28(34)31-18-20-8-4-2-5-9-20)38-27(25)19-37-26-15-12-22(16-24(26)30(33)36)32-29(35)21-10-6-3-7-11-21/h12,15-16,20-21,23,25,27H,2-11,13-14,17-19H2,1H3,(H,31,34)(H,32,35)/t23-,25+,27-/m0/s1. The molecule has 8 nitrogen and oxygen atoms in total. The van der Waals surface area contributed by atoms with Crippen molar-refractivity contribution in [3.8, 4) is 5.75 Å². The third-order valence-corrected chi connectivity index (χ3v) is 8.98. The van der Waals surface area contributed by atoms with Gasteiger partial charge in [0, 0.05) is 25.2 Å². The van der Waals surface area contributed by atoms with Gasteiger partial charge in [-0.15, -0.1) is 0 Å². The predicted molar refractivity (Wildman–Crippen MR) is 145 cm³/mol. The van der Waals surface area contributed by atoms with Crippen molar-refractivity contribution < 1.29 is 23.9 Å². The van der Waals surface area contributed by atoms with E-state index in [9.17, 15) is 14.4 Å². The summed E-state index contributed by atoms with van der Waals surface area (Å²) in [6, 6.07) is 5.17. The maximum atomic E-state index is 13.5. The number of anilines is 1. The zero-order chi connectivity index (χ0) is 26.5. The van der Waals surface area contributed by atoms with Gasteiger partial charge in [-0.05, 0) is 62.6 Å². The Bertz CT molecular complexity index is 1000. The average molecular weight is 526 g/mol. The molecule has 208 valence electrons. The van der Waals surface area contributed by atoms with Gasteiger partial charge in [0.05, 0.1) is 24.1 Å². The van der Waals surface area contributed by atoms with Crippen molar-refractivity contribution >= 4 is 23.4 Å². The molecule has 0 radical (unpaired) electrons. The Morgan fingerprint density at radius 2 is 1.71 bits per heavy atom. The molecule has 1 aromatic rings. The minimum Gasteiger partial charge on any atom is -0.490 e. The van der Waals surface area contributed by atoms with Crippen LogP contribution in [0.3, 0.4) is 0 Å². The van der Waals surface area contributed by atoms with Gasteiger partial charge in [0.2, 0.25) is 11.8 Å². The van der Waals surface area contributed by atoms with Crippen LogP contribution in [0, 0.1) is 11.8 Å². The molecule has 2 heterocycles. The lowest BCUT2D eigenvalue weighted by molar-refractivity contribution is -0.134. The van der Waals surface area contributed by atoms with Gasteiger partial charge in [0.1, 0.15) is 18.5 Å². The summed E-state index contributed by atoms with van der Waals surface area (Å²) in [6.45, 7) is 1.07. The molecule has 1 aromatic carbocycles. The molecule has 38 heavy (non-hydrogen) atoms. The van der Waals surface area contributed by atoms with Gasteiger partial charge >= 0.3 is 0 Å². The summed E-state index contributed by atoms with van der Waals surface area (Å²) < 4.78 is 12.4. The van der Waals surface area contributed by atoms with E-state index in [1.165, 1.54) is 38.5 Å². The number of fused-ring (bicyclic) bond motifs is 2. The fourth-order valence-corrected chi connectivity index (χ4v) is 6.64. The molecule has 8 heteroatoms. The van der Waals surface area contributed by atoms with Gasteiger partial charge in [0.25, 0.3) is 5.91 Å². The third-order valence-electron chi connectivity index (χ3n) is 8.98. The molecule has 3 amide bonds. The SMILES string of the molecule is CN1C(=O)c2cc(NC(=O)C3CCCCC3)ccc2OC[C@@H]2O[C@H](CC(=O)NCC3CCCCC3)CC[C@H]21. The van der Waals surface area contributed by atoms with E-state index in [-0.39, 0.29) is 41.9 Å². The lowest BCUT2D eigenvalue weighted by atomic mass is 9.88. The van der Waals surface area contributed by atoms with Crippen LogP contribution < -0.4 is 15.4 Å². The summed E-state index contributed by atoms with van der Waals surface area (Å²) in [5.74, 6) is 1.07. The molecule has 2 saturated carbocycles. The van der Waals surface area contributed by atoms with Crippen molar-refractivity contribution in [2.75, 3.05) is 25.5 Å². The maximum absolute atomic E-state index is 13.5. The first kappa shape index (κ1) is 27.0. The molecule has 0 aromatic heterocycles. The fourth-order valence-electron chi connectivity index (χ4n) is 6.64. The summed E-state index contributed by atoms with van der Waals surface area (Å²) in [7, 11) is 1.81. The molecule has 4 aliphatic rings. The number of rotatable bonds is 6. The highest BCUT2D eigenvalue weighted by molar-refractivity contribution is 6.00. The molecule has 0 unspecified atom stereocenters. The highest BCUT2D eigenvalue weighted by Crippen LogP contribution is 2.33. The van der Waals surface area contributed by atoms with E-state index in [1.807, 2.05) is 7.05 Å². The maximum Gasteiger partial charge on any atom is 0.257 e. The number of nitrogens with one attached hydrogen (secondary N) is 2. The van der Waals surface area contributed by atoms with Gasteiger partial charge in [-0.1, -0.05) is 38.5 Å². The minimum absolute atomic E-state index is 0.0341. The second-order valence-corrected chi connectivity index (χ2v) is 11.7. The lowest BCUT2D eigenvalue weighted by Crippen LogP contribution is -2.54. The number of carbonyl (C=O) groups excluding carboxylic acids is 3. The zero-order valence-corrected chi connectivity index (χ0v) is 22.7. The van der Waals surface area contributed by atoms with Crippen LogP contribution in [0.2, 0.25) is 0 Å². The zero-order valence-electron chi connectivity index (χ0n) is 22.7. The first-order chi connectivity index (χ1) is 18.5. The quantitative estimate of drug-likeness (QED) is 0.563. The fraction of sp³-hybridized carbons (Fsp3) is 0.700. The Balaban J connectivity index is 1.18. The van der Waals surface area contributed by atoms with Gasteiger partial charge in [-0.25, -0.2) is 0 Å². The second kappa shape index (κ2) is 12.5. The van der Waals surface area contributed by atoms with Crippen LogP contribution in [0.1, 0.15) is 93.8 Å². The van der Waals surface area contributed by atoms with E-state index >= 15 is 0 Å². The minimum atomic E-state index is -0.298. The van der Waals surface area contributed by atoms with Crippen molar-refractivity contribution in [1.82, 2.24) is 10.2 Å². The smallest absolute Gasteiger partial charge is 0.257 e. The molecular weight excluding hydrogens is 482 g/mol. The molecule has 2 N–H and O–H groups in total. The Kier molecular flexibility index (Phi) is 8.87. The highest BCUT2D eigenvalue weighted by atomic mass is 16.5. The van der Waals surface area contributed by atoms with Crippen LogP contribution in [-0.4, -0.2) is 61.1 Å². The molecule has 0 bridgehead atoms. The molecule has 2 aliphatic heterocycles. The van der Waals surface area contributed by atoms with Crippen molar-refractivity contribution in [1.29, 1.82) is 0 Å². The highest BCUT2D eigenvalue weighted by Gasteiger charge is 2.39. The molecule has 1 saturated heterocycles. The lowest BCUT2D eigenvalue weighted by Gasteiger charge is -2.42. The monoisotopic (exact) mass is 525 g/mol. The topological polar surface area (TPSA) is 97.0 Å². The summed E-state index contributed by atoms with van der Waals surface area (Å²) >= 11 is 0. The first-order valence-electron chi connectivity index (χ1n) is 14.7. The summed E-state index contributed by atoms with van der Waals surface area (Å²) in [6.07, 6.45) is 12.8. The first-order valence-corrected chi connectivity index (χ1v) is 14.7. The molecule has 0 spiro atoms. The third kappa shape index (κ3) is 6.50. The van der Waals surface area contributed by atoms with Gasteiger partial charge in [-0.2, -0.15) is 0 Å². The van der Waals surface area contributed by atoms with E-state index in [2.05, 4.69) is 10.6 Å². The van der Waals surface area contributed by atoms with Crippen LogP contribution >= 0.6 is 0 Å². The second-order valence-electron chi connectivity index (χ2n) is 11.7. The van der Waals surface area contributed by atoms with Gasteiger partial charge in [-0.3, -0.25) is 14.4 Å². The average Bonchev–Trinajstić information content (AvgIpc) is 2.95. The number of amides is 3. The number of likely N-dealkylation sites (N-methyl/N-ethyl adjacent to an activating group) is 1. The van der Waals surface area contributed by atoms with Crippen LogP contribution in [0.4, 0.5) is 5.69 Å². The summed E-state index contributed by atoms with van der Waals surface area (Å²) in [4.78, 5) is 40.6. The van der Waals surface area contributed by atoms with Crippen LogP contribution in [-0.2, 0) is 14.3 Å². The largest absolute Gasteiger partial charge is 0.490 e. The number of hydrogen-bond donors (Lipinski definition) is 2.